The van der Waals surface area contributed by atoms with E-state index in [2.05, 4.69) is 26.8 Å². The SMILES string of the molecule is [2H]C([2H])([2H])C([2H])(C(C)CC[C@@H](C)[C@H]1CC[C@H]2[C@@H]3CC=C4C[C@@H](O)CC[C@]4(C)[C@H]3CC[C@]12C)C([2H])([2H])[2H]. The van der Waals surface area contributed by atoms with Crippen molar-refractivity contribution in [1.29, 1.82) is 0 Å². The van der Waals surface area contributed by atoms with E-state index in [1.54, 1.807) is 6.92 Å². The Morgan fingerprint density at radius 3 is 2.66 bits per heavy atom. The van der Waals surface area contributed by atoms with E-state index >= 15 is 0 Å². The van der Waals surface area contributed by atoms with E-state index in [0.29, 0.717) is 36.0 Å². The second-order valence-corrected chi connectivity index (χ2v) is 11.8. The largest absolute Gasteiger partial charge is 0.393 e. The Morgan fingerprint density at radius 1 is 1.10 bits per heavy atom. The second kappa shape index (κ2) is 7.99. The number of aliphatic hydroxyl groups excluding tert-OH is 1. The van der Waals surface area contributed by atoms with Crippen LogP contribution in [-0.2, 0) is 0 Å². The van der Waals surface area contributed by atoms with E-state index in [4.69, 9.17) is 9.60 Å². The average Bonchev–Trinajstić information content (AvgIpc) is 3.12. The fourth-order valence-electron chi connectivity index (χ4n) is 8.48. The van der Waals surface area contributed by atoms with Crippen molar-refractivity contribution in [3.8, 4) is 0 Å². The standard InChI is InChI=1S/C28H48O/c1-18(2)19(3)7-8-20(4)24-11-12-25-23-10-9-21-17-22(29)13-15-27(21,5)26(23)14-16-28(24,25)6/h9,18-20,22-26,29H,7-8,10-17H2,1-6H3/t19?,20-,22+,23+,24-,25+,26+,27+,28-/m1/s1/i1D3,2D3,18D. The predicted octanol–water partition coefficient (Wildman–Crippen LogP) is 7.63. The molecule has 3 fully saturated rings. The Labute approximate surface area is 191 Å². The topological polar surface area (TPSA) is 20.2 Å². The van der Waals surface area contributed by atoms with Crippen LogP contribution < -0.4 is 0 Å². The summed E-state index contributed by atoms with van der Waals surface area (Å²) in [6, 6.07) is 0. The van der Waals surface area contributed by atoms with Crippen LogP contribution in [0.4, 0.5) is 0 Å². The molecule has 4 aliphatic carbocycles. The number of allylic oxidation sites excluding steroid dienone is 1. The second-order valence-electron chi connectivity index (χ2n) is 11.8. The molecule has 1 heteroatoms. The smallest absolute Gasteiger partial charge is 0.0577 e. The molecule has 0 saturated heterocycles. The molecule has 166 valence electrons. The molecule has 0 aromatic carbocycles. The minimum Gasteiger partial charge on any atom is -0.393 e. The van der Waals surface area contributed by atoms with Crippen molar-refractivity contribution in [2.45, 2.75) is 112 Å². The maximum Gasteiger partial charge on any atom is 0.0577 e. The van der Waals surface area contributed by atoms with Gasteiger partial charge in [-0.3, -0.25) is 0 Å². The predicted molar refractivity (Wildman–Crippen MR) is 124 cm³/mol. The Morgan fingerprint density at radius 2 is 1.90 bits per heavy atom. The maximum absolute atomic E-state index is 10.3. The van der Waals surface area contributed by atoms with Crippen molar-refractivity contribution in [2.75, 3.05) is 0 Å². The van der Waals surface area contributed by atoms with Gasteiger partial charge in [-0.05, 0) is 104 Å². The highest BCUT2D eigenvalue weighted by Crippen LogP contribution is 2.67. The Balaban J connectivity index is 1.46. The van der Waals surface area contributed by atoms with Crippen LogP contribution in [0.5, 0.6) is 0 Å². The zero-order valence-corrected chi connectivity index (χ0v) is 19.1. The van der Waals surface area contributed by atoms with Crippen LogP contribution in [0.3, 0.4) is 0 Å². The molecule has 9 atom stereocenters. The first-order valence-corrected chi connectivity index (χ1v) is 12.3. The number of aliphatic hydroxyl groups is 1. The van der Waals surface area contributed by atoms with Gasteiger partial charge in [0, 0.05) is 9.60 Å². The van der Waals surface area contributed by atoms with Crippen molar-refractivity contribution in [3.05, 3.63) is 11.6 Å². The van der Waals surface area contributed by atoms with Gasteiger partial charge in [-0.2, -0.15) is 0 Å². The summed E-state index contributed by atoms with van der Waals surface area (Å²) in [7, 11) is 0. The van der Waals surface area contributed by atoms with E-state index in [1.165, 1.54) is 31.3 Å². The van der Waals surface area contributed by atoms with Gasteiger partial charge in [-0.15, -0.1) is 0 Å². The normalized spacial score (nSPS) is 51.3. The molecule has 0 amide bonds. The summed E-state index contributed by atoms with van der Waals surface area (Å²) in [5.41, 5.74) is 2.02. The summed E-state index contributed by atoms with van der Waals surface area (Å²) in [5, 5.41) is 10.3. The van der Waals surface area contributed by atoms with Gasteiger partial charge in [0.2, 0.25) is 0 Å². The molecular weight excluding hydrogens is 352 g/mol. The van der Waals surface area contributed by atoms with Crippen molar-refractivity contribution < 1.29 is 14.7 Å². The molecule has 1 unspecified atom stereocenters. The molecule has 0 aromatic rings. The van der Waals surface area contributed by atoms with Crippen molar-refractivity contribution >= 4 is 0 Å². The van der Waals surface area contributed by atoms with Gasteiger partial charge in [0.05, 0.1) is 6.10 Å². The third kappa shape index (κ3) is 3.66. The molecule has 0 radical (unpaired) electrons. The zero-order chi connectivity index (χ0) is 26.9. The molecule has 0 bridgehead atoms. The fourth-order valence-corrected chi connectivity index (χ4v) is 8.48. The molecule has 4 rings (SSSR count). The first-order valence-electron chi connectivity index (χ1n) is 15.8. The highest BCUT2D eigenvalue weighted by atomic mass is 16.3. The molecule has 0 aliphatic heterocycles. The highest BCUT2D eigenvalue weighted by Gasteiger charge is 2.59. The summed E-state index contributed by atoms with van der Waals surface area (Å²) < 4.78 is 55.5. The number of hydrogen-bond acceptors (Lipinski definition) is 1. The molecule has 1 nitrogen and oxygen atoms in total. The monoisotopic (exact) mass is 407 g/mol. The minimum atomic E-state index is -2.84. The number of rotatable bonds is 5. The Bertz CT molecular complexity index is 834. The maximum atomic E-state index is 10.3. The van der Waals surface area contributed by atoms with E-state index in [0.717, 1.165) is 32.1 Å². The van der Waals surface area contributed by atoms with Crippen LogP contribution in [0.2, 0.25) is 0 Å². The van der Waals surface area contributed by atoms with Crippen LogP contribution in [0.15, 0.2) is 11.6 Å². The first kappa shape index (κ1) is 14.7. The van der Waals surface area contributed by atoms with Crippen LogP contribution >= 0.6 is 0 Å². The summed E-state index contributed by atoms with van der Waals surface area (Å²) in [5.74, 6) is -0.119. The summed E-state index contributed by atoms with van der Waals surface area (Å²) >= 11 is 0. The van der Waals surface area contributed by atoms with E-state index in [1.807, 2.05) is 0 Å². The van der Waals surface area contributed by atoms with Crippen LogP contribution in [0, 0.1) is 52.2 Å². The van der Waals surface area contributed by atoms with Gasteiger partial charge < -0.3 is 5.11 Å². The van der Waals surface area contributed by atoms with Crippen molar-refractivity contribution in [3.63, 3.8) is 0 Å². The van der Waals surface area contributed by atoms with Crippen molar-refractivity contribution in [1.82, 2.24) is 0 Å². The quantitative estimate of drug-likeness (QED) is 0.464. The van der Waals surface area contributed by atoms with Crippen molar-refractivity contribution in [2.24, 2.45) is 52.2 Å². The minimum absolute atomic E-state index is 0.174. The lowest BCUT2D eigenvalue weighted by Crippen LogP contribution is -2.50. The molecule has 0 spiro atoms. The summed E-state index contributed by atoms with van der Waals surface area (Å²) in [4.78, 5) is 0. The molecule has 4 aliphatic rings. The van der Waals surface area contributed by atoms with Crippen LogP contribution in [0.25, 0.3) is 0 Å². The van der Waals surface area contributed by atoms with Crippen LogP contribution in [0.1, 0.15) is 115 Å². The summed E-state index contributed by atoms with van der Waals surface area (Å²) in [6.45, 7) is 3.19. The molecule has 0 aromatic heterocycles. The number of fused-ring (bicyclic) bond motifs is 5. The Kier molecular flexibility index (Phi) is 4.05. The van der Waals surface area contributed by atoms with Gasteiger partial charge in [-0.1, -0.05) is 65.9 Å². The molecule has 29 heavy (non-hydrogen) atoms. The van der Waals surface area contributed by atoms with E-state index in [-0.39, 0.29) is 16.9 Å². The first-order chi connectivity index (χ1) is 16.5. The zero-order valence-electron chi connectivity index (χ0n) is 26.1. The molecular formula is C28H48O. The van der Waals surface area contributed by atoms with Gasteiger partial charge >= 0.3 is 0 Å². The van der Waals surface area contributed by atoms with Gasteiger partial charge in [0.25, 0.3) is 0 Å². The van der Waals surface area contributed by atoms with E-state index < -0.39 is 25.5 Å². The third-order valence-corrected chi connectivity index (χ3v) is 10.4. The Hall–Kier alpha value is -0.300. The average molecular weight is 408 g/mol. The lowest BCUT2D eigenvalue weighted by Gasteiger charge is -2.58. The third-order valence-electron chi connectivity index (χ3n) is 10.4. The van der Waals surface area contributed by atoms with Gasteiger partial charge in [0.15, 0.2) is 0 Å². The molecule has 3 saturated carbocycles. The van der Waals surface area contributed by atoms with Crippen LogP contribution in [-0.4, -0.2) is 11.2 Å². The fraction of sp³-hybridized carbons (Fsp3) is 0.929. The number of hydrogen-bond donors (Lipinski definition) is 1. The molecule has 1 N–H and O–H groups in total. The lowest BCUT2D eigenvalue weighted by atomic mass is 9.47. The summed E-state index contributed by atoms with van der Waals surface area (Å²) in [6.07, 6.45) is 12.4. The highest BCUT2D eigenvalue weighted by molar-refractivity contribution is 5.25. The molecule has 0 heterocycles. The van der Waals surface area contributed by atoms with Gasteiger partial charge in [-0.25, -0.2) is 0 Å². The van der Waals surface area contributed by atoms with Gasteiger partial charge in [0.1, 0.15) is 0 Å². The van der Waals surface area contributed by atoms with E-state index in [9.17, 15) is 5.11 Å². The lowest BCUT2D eigenvalue weighted by molar-refractivity contribution is -0.0574.